The zero-order valence-corrected chi connectivity index (χ0v) is 9.61. The van der Waals surface area contributed by atoms with E-state index in [9.17, 15) is 14.7 Å². The number of carbonyl (C=O) groups excluding carboxylic acids is 1. The molecule has 1 unspecified atom stereocenters. The molecular weight excluding hydrogens is 232 g/mol. The van der Waals surface area contributed by atoms with Gasteiger partial charge in [-0.05, 0) is 6.92 Å². The number of carbonyl (C=O) groups is 2. The average Bonchev–Trinajstić information content (AvgIpc) is 2.53. The Kier molecular flexibility index (Phi) is 2.64. The van der Waals surface area contributed by atoms with Gasteiger partial charge in [0.2, 0.25) is 5.91 Å². The van der Waals surface area contributed by atoms with E-state index >= 15 is 0 Å². The molecule has 2 saturated heterocycles. The van der Waals surface area contributed by atoms with E-state index in [1.807, 2.05) is 0 Å². The summed E-state index contributed by atoms with van der Waals surface area (Å²) >= 11 is 1.18. The molecule has 2 fully saturated rings. The Labute approximate surface area is 96.8 Å². The lowest BCUT2D eigenvalue weighted by Gasteiger charge is -2.42. The monoisotopic (exact) mass is 246 g/mol. The van der Waals surface area contributed by atoms with E-state index in [0.29, 0.717) is 0 Å². The zero-order valence-electron chi connectivity index (χ0n) is 8.79. The summed E-state index contributed by atoms with van der Waals surface area (Å²) in [5.74, 6) is -1.66. The minimum atomic E-state index is -1.11. The predicted molar refractivity (Wildman–Crippen MR) is 57.7 cm³/mol. The summed E-state index contributed by atoms with van der Waals surface area (Å²) in [5, 5.41) is 18.3. The number of rotatable bonds is 3. The van der Waals surface area contributed by atoms with Crippen molar-refractivity contribution in [2.24, 2.45) is 11.7 Å². The number of carboxylic acid groups (broad SMARTS) is 1. The maximum absolute atomic E-state index is 11.6. The van der Waals surface area contributed by atoms with Gasteiger partial charge in [-0.3, -0.25) is 9.59 Å². The highest BCUT2D eigenvalue weighted by Gasteiger charge is 2.62. The van der Waals surface area contributed by atoms with E-state index in [1.54, 1.807) is 6.92 Å². The largest absolute Gasteiger partial charge is 0.480 e. The molecule has 7 heteroatoms. The molecule has 0 radical (unpaired) electrons. The number of aliphatic hydroxyl groups is 1. The van der Waals surface area contributed by atoms with Crippen molar-refractivity contribution in [3.8, 4) is 0 Å². The molecule has 0 aromatic carbocycles. The number of thioether (sulfide) groups is 1. The fourth-order valence-corrected chi connectivity index (χ4v) is 3.83. The van der Waals surface area contributed by atoms with Crippen LogP contribution in [0.1, 0.15) is 6.92 Å². The number of aliphatic hydroxyl groups excluding tert-OH is 1. The summed E-state index contributed by atoms with van der Waals surface area (Å²) in [4.78, 5) is 24.3. The average molecular weight is 246 g/mol. The molecule has 16 heavy (non-hydrogen) atoms. The van der Waals surface area contributed by atoms with Crippen LogP contribution >= 0.6 is 11.8 Å². The number of β-lactam (4-membered cyclic amide) rings is 1. The van der Waals surface area contributed by atoms with Gasteiger partial charge in [-0.2, -0.15) is 0 Å². The molecule has 2 aliphatic heterocycles. The molecule has 4 N–H and O–H groups in total. The van der Waals surface area contributed by atoms with Gasteiger partial charge in [-0.1, -0.05) is 0 Å². The first-order valence-electron chi connectivity index (χ1n) is 5.03. The zero-order chi connectivity index (χ0) is 12.1. The number of hydrogen-bond donors (Lipinski definition) is 3. The van der Waals surface area contributed by atoms with Gasteiger partial charge >= 0.3 is 5.97 Å². The van der Waals surface area contributed by atoms with Crippen LogP contribution in [0.15, 0.2) is 0 Å². The summed E-state index contributed by atoms with van der Waals surface area (Å²) in [6.45, 7) is 1.67. The lowest BCUT2D eigenvalue weighted by atomic mass is 9.92. The van der Waals surface area contributed by atoms with Crippen molar-refractivity contribution >= 4 is 23.6 Å². The van der Waals surface area contributed by atoms with Crippen LogP contribution in [-0.2, 0) is 9.59 Å². The second-order valence-electron chi connectivity index (χ2n) is 4.24. The van der Waals surface area contributed by atoms with Crippen molar-refractivity contribution in [3.05, 3.63) is 0 Å². The van der Waals surface area contributed by atoms with Crippen LogP contribution in [0.2, 0.25) is 0 Å². The van der Waals surface area contributed by atoms with Gasteiger partial charge in [0.15, 0.2) is 0 Å². The summed E-state index contributed by atoms with van der Waals surface area (Å²) < 4.78 is -1.11. The molecule has 2 rings (SSSR count). The van der Waals surface area contributed by atoms with Crippen LogP contribution in [0.25, 0.3) is 0 Å². The van der Waals surface area contributed by atoms with Crippen LogP contribution in [0.3, 0.4) is 0 Å². The quantitative estimate of drug-likeness (QED) is 0.534. The minimum absolute atomic E-state index is 0.0141. The molecule has 0 aromatic heterocycles. The molecule has 2 heterocycles. The summed E-state index contributed by atoms with van der Waals surface area (Å²) in [6.07, 6.45) is -0.747. The minimum Gasteiger partial charge on any atom is -0.480 e. The fourth-order valence-electron chi connectivity index (χ4n) is 2.16. The van der Waals surface area contributed by atoms with Gasteiger partial charge in [-0.25, -0.2) is 0 Å². The van der Waals surface area contributed by atoms with E-state index < -0.39 is 22.7 Å². The summed E-state index contributed by atoms with van der Waals surface area (Å²) in [7, 11) is 0. The van der Waals surface area contributed by atoms with Crippen molar-refractivity contribution in [1.82, 2.24) is 4.90 Å². The molecule has 0 bridgehead atoms. The topological polar surface area (TPSA) is 104 Å². The highest BCUT2D eigenvalue weighted by Crippen LogP contribution is 2.50. The fraction of sp³-hybridized carbons (Fsp3) is 0.778. The highest BCUT2D eigenvalue weighted by molar-refractivity contribution is 8.02. The van der Waals surface area contributed by atoms with Crippen LogP contribution < -0.4 is 5.73 Å². The Morgan fingerprint density at radius 2 is 2.44 bits per heavy atom. The number of hydrogen-bond acceptors (Lipinski definition) is 5. The molecule has 0 saturated carbocycles. The van der Waals surface area contributed by atoms with E-state index in [4.69, 9.17) is 10.8 Å². The first kappa shape index (κ1) is 11.7. The molecular formula is C9H14N2O4S. The SMILES string of the molecule is C[C@@H](O)[C@H]1C(=O)N2CC(CN)(C(=O)O)S[C@H]12. The molecule has 0 spiro atoms. The second-order valence-corrected chi connectivity index (χ2v) is 5.74. The standard InChI is InChI=1S/C9H14N2O4S/c1-4(12)5-6(13)11-3-9(2-10,8(14)15)16-7(5)11/h4-5,7,12H,2-3,10H2,1H3,(H,14,15)/t4-,5+,7-,9?/m1/s1. The van der Waals surface area contributed by atoms with Gasteiger partial charge in [0.1, 0.15) is 4.75 Å². The highest BCUT2D eigenvalue weighted by atomic mass is 32.2. The molecule has 1 amide bonds. The first-order chi connectivity index (χ1) is 7.43. The van der Waals surface area contributed by atoms with Gasteiger partial charge < -0.3 is 20.8 Å². The Morgan fingerprint density at radius 1 is 1.81 bits per heavy atom. The number of amides is 1. The van der Waals surface area contributed by atoms with Gasteiger partial charge in [-0.15, -0.1) is 11.8 Å². The maximum atomic E-state index is 11.6. The lowest BCUT2D eigenvalue weighted by molar-refractivity contribution is -0.156. The van der Waals surface area contributed by atoms with Crippen molar-refractivity contribution in [1.29, 1.82) is 0 Å². The Bertz CT molecular complexity index is 348. The van der Waals surface area contributed by atoms with E-state index in [0.717, 1.165) is 0 Å². The van der Waals surface area contributed by atoms with Crippen molar-refractivity contribution < 1.29 is 19.8 Å². The van der Waals surface area contributed by atoms with Crippen molar-refractivity contribution in [2.45, 2.75) is 23.1 Å². The molecule has 6 nitrogen and oxygen atoms in total. The number of aliphatic carboxylic acids is 1. The van der Waals surface area contributed by atoms with Gasteiger partial charge in [0.05, 0.1) is 17.4 Å². The smallest absolute Gasteiger partial charge is 0.323 e. The maximum Gasteiger partial charge on any atom is 0.323 e. The third kappa shape index (κ3) is 1.35. The van der Waals surface area contributed by atoms with E-state index in [-0.39, 0.29) is 24.4 Å². The van der Waals surface area contributed by atoms with Crippen LogP contribution in [-0.4, -0.2) is 56.3 Å². The molecule has 0 aliphatic carbocycles. The lowest BCUT2D eigenvalue weighted by Crippen LogP contribution is -2.60. The number of carboxylic acids is 1. The van der Waals surface area contributed by atoms with Gasteiger partial charge in [0.25, 0.3) is 0 Å². The second kappa shape index (κ2) is 3.61. The van der Waals surface area contributed by atoms with E-state index in [1.165, 1.54) is 16.7 Å². The Balaban J connectivity index is 2.19. The number of fused-ring (bicyclic) bond motifs is 1. The Morgan fingerprint density at radius 3 is 2.88 bits per heavy atom. The third-order valence-corrected chi connectivity index (χ3v) is 4.90. The molecule has 2 aliphatic rings. The molecule has 4 atom stereocenters. The van der Waals surface area contributed by atoms with Crippen LogP contribution in [0, 0.1) is 5.92 Å². The predicted octanol–water partition coefficient (Wildman–Crippen LogP) is -1.32. The molecule has 0 aromatic rings. The third-order valence-electron chi connectivity index (χ3n) is 3.19. The van der Waals surface area contributed by atoms with Crippen LogP contribution in [0.5, 0.6) is 0 Å². The summed E-state index contributed by atoms with van der Waals surface area (Å²) in [6, 6.07) is 0. The molecule has 90 valence electrons. The van der Waals surface area contributed by atoms with Crippen molar-refractivity contribution in [2.75, 3.05) is 13.1 Å². The van der Waals surface area contributed by atoms with Crippen molar-refractivity contribution in [3.63, 3.8) is 0 Å². The van der Waals surface area contributed by atoms with E-state index in [2.05, 4.69) is 0 Å². The number of nitrogens with two attached hydrogens (primary N) is 1. The van der Waals surface area contributed by atoms with Crippen LogP contribution in [0.4, 0.5) is 0 Å². The van der Waals surface area contributed by atoms with Gasteiger partial charge in [0, 0.05) is 13.1 Å². The first-order valence-corrected chi connectivity index (χ1v) is 5.91. The summed E-state index contributed by atoms with van der Waals surface area (Å²) in [5.41, 5.74) is 5.49. The normalized spacial score (nSPS) is 39.2. The number of nitrogens with zero attached hydrogens (tertiary/aromatic N) is 1. The Hall–Kier alpha value is -0.790.